The third-order valence-corrected chi connectivity index (χ3v) is 3.33. The number of amides is 1. The molecule has 5 heteroatoms. The highest BCUT2D eigenvalue weighted by Crippen LogP contribution is 2.26. The molecule has 1 N–H and O–H groups in total. The van der Waals surface area contributed by atoms with Crippen molar-refractivity contribution < 1.29 is 14.3 Å². The first-order valence-electron chi connectivity index (χ1n) is 6.34. The molecule has 0 spiro atoms. The zero-order chi connectivity index (χ0) is 15.4. The van der Waals surface area contributed by atoms with Crippen molar-refractivity contribution in [2.45, 2.75) is 6.92 Å². The second-order valence-corrected chi connectivity index (χ2v) is 4.92. The second-order valence-electron chi connectivity index (χ2n) is 4.48. The molecule has 0 unspecified atom stereocenters. The maximum atomic E-state index is 12.4. The Balaban J connectivity index is 2.33. The van der Waals surface area contributed by atoms with Crippen LogP contribution in [0.4, 0.5) is 5.69 Å². The summed E-state index contributed by atoms with van der Waals surface area (Å²) in [5.74, 6) is 0.785. The molecular formula is C16H16ClNO3. The van der Waals surface area contributed by atoms with Crippen LogP contribution < -0.4 is 14.8 Å². The summed E-state index contributed by atoms with van der Waals surface area (Å²) in [4.78, 5) is 12.4. The minimum Gasteiger partial charge on any atom is -0.497 e. The van der Waals surface area contributed by atoms with Crippen LogP contribution in [0.1, 0.15) is 15.9 Å². The third-order valence-electron chi connectivity index (χ3n) is 3.10. The van der Waals surface area contributed by atoms with Gasteiger partial charge < -0.3 is 14.8 Å². The van der Waals surface area contributed by atoms with E-state index in [1.807, 2.05) is 13.0 Å². The molecule has 1 amide bonds. The summed E-state index contributed by atoms with van der Waals surface area (Å²) in [5, 5.41) is 3.40. The van der Waals surface area contributed by atoms with E-state index in [2.05, 4.69) is 5.32 Å². The molecule has 2 rings (SSSR count). The van der Waals surface area contributed by atoms with Gasteiger partial charge in [-0.25, -0.2) is 0 Å². The van der Waals surface area contributed by atoms with Crippen LogP contribution in [0.15, 0.2) is 36.4 Å². The molecule has 2 aromatic carbocycles. The maximum Gasteiger partial charge on any atom is 0.259 e. The number of aryl methyl sites for hydroxylation is 1. The zero-order valence-electron chi connectivity index (χ0n) is 12.1. The van der Waals surface area contributed by atoms with Gasteiger partial charge in [-0.15, -0.1) is 0 Å². The number of anilines is 1. The fourth-order valence-corrected chi connectivity index (χ4v) is 2.08. The number of ether oxygens (including phenoxy) is 2. The van der Waals surface area contributed by atoms with E-state index in [-0.39, 0.29) is 5.91 Å². The van der Waals surface area contributed by atoms with Crippen molar-refractivity contribution in [2.24, 2.45) is 0 Å². The highest BCUT2D eigenvalue weighted by Gasteiger charge is 2.14. The van der Waals surface area contributed by atoms with Crippen molar-refractivity contribution in [3.63, 3.8) is 0 Å². The Morgan fingerprint density at radius 2 is 1.86 bits per heavy atom. The molecule has 0 heterocycles. The van der Waals surface area contributed by atoms with Crippen molar-refractivity contribution >= 4 is 23.2 Å². The lowest BCUT2D eigenvalue weighted by atomic mass is 10.1. The number of halogens is 1. The van der Waals surface area contributed by atoms with Crippen LogP contribution >= 0.6 is 11.6 Å². The molecule has 0 aliphatic carbocycles. The minimum absolute atomic E-state index is 0.281. The third kappa shape index (κ3) is 3.47. The quantitative estimate of drug-likeness (QED) is 0.931. The standard InChI is InChI=1S/C16H16ClNO3/c1-10-4-5-11(17)8-14(10)18-16(19)13-9-12(20-2)6-7-15(13)21-3/h4-9H,1-3H3,(H,18,19). The van der Waals surface area contributed by atoms with Crippen LogP contribution in [-0.2, 0) is 0 Å². The van der Waals surface area contributed by atoms with Gasteiger partial charge in [-0.3, -0.25) is 4.79 Å². The molecule has 0 aliphatic rings. The van der Waals surface area contributed by atoms with Gasteiger partial charge in [0, 0.05) is 10.7 Å². The average Bonchev–Trinajstić information content (AvgIpc) is 2.50. The van der Waals surface area contributed by atoms with E-state index in [4.69, 9.17) is 21.1 Å². The number of hydrogen-bond acceptors (Lipinski definition) is 3. The maximum absolute atomic E-state index is 12.4. The Morgan fingerprint density at radius 1 is 1.10 bits per heavy atom. The van der Waals surface area contributed by atoms with Crippen molar-refractivity contribution in [3.05, 3.63) is 52.5 Å². The molecule has 21 heavy (non-hydrogen) atoms. The Labute approximate surface area is 128 Å². The first-order valence-corrected chi connectivity index (χ1v) is 6.72. The van der Waals surface area contributed by atoms with Gasteiger partial charge in [0.1, 0.15) is 11.5 Å². The van der Waals surface area contributed by atoms with Crippen molar-refractivity contribution in [1.29, 1.82) is 0 Å². The van der Waals surface area contributed by atoms with E-state index in [1.54, 1.807) is 37.4 Å². The first kappa shape index (κ1) is 15.2. The topological polar surface area (TPSA) is 47.6 Å². The number of nitrogens with one attached hydrogen (secondary N) is 1. The summed E-state index contributed by atoms with van der Waals surface area (Å²) in [6, 6.07) is 10.4. The van der Waals surface area contributed by atoms with Gasteiger partial charge >= 0.3 is 0 Å². The van der Waals surface area contributed by atoms with Crippen LogP contribution in [-0.4, -0.2) is 20.1 Å². The van der Waals surface area contributed by atoms with Gasteiger partial charge in [0.25, 0.3) is 5.91 Å². The molecule has 0 saturated heterocycles. The summed E-state index contributed by atoms with van der Waals surface area (Å²) in [6.07, 6.45) is 0. The smallest absolute Gasteiger partial charge is 0.259 e. The van der Waals surface area contributed by atoms with E-state index in [0.29, 0.717) is 27.8 Å². The van der Waals surface area contributed by atoms with E-state index in [1.165, 1.54) is 7.11 Å². The number of rotatable bonds is 4. The molecule has 110 valence electrons. The first-order chi connectivity index (χ1) is 10.0. The van der Waals surface area contributed by atoms with E-state index < -0.39 is 0 Å². The number of hydrogen-bond donors (Lipinski definition) is 1. The molecule has 0 aliphatic heterocycles. The van der Waals surface area contributed by atoms with Crippen LogP contribution in [0.25, 0.3) is 0 Å². The molecule has 0 saturated carbocycles. The lowest BCUT2D eigenvalue weighted by Crippen LogP contribution is -2.14. The van der Waals surface area contributed by atoms with Gasteiger partial charge in [0.15, 0.2) is 0 Å². The predicted molar refractivity (Wildman–Crippen MR) is 83.7 cm³/mol. The van der Waals surface area contributed by atoms with E-state index in [0.717, 1.165) is 5.56 Å². The SMILES string of the molecule is COc1ccc(OC)c(C(=O)Nc2cc(Cl)ccc2C)c1. The normalized spacial score (nSPS) is 10.1. The Hall–Kier alpha value is -2.20. The Bertz CT molecular complexity index is 671. The lowest BCUT2D eigenvalue weighted by molar-refractivity contribution is 0.102. The fourth-order valence-electron chi connectivity index (χ4n) is 1.91. The molecule has 0 radical (unpaired) electrons. The summed E-state index contributed by atoms with van der Waals surface area (Å²) < 4.78 is 10.4. The van der Waals surface area contributed by atoms with Gasteiger partial charge in [-0.05, 0) is 42.8 Å². The number of benzene rings is 2. The monoisotopic (exact) mass is 305 g/mol. The molecule has 0 atom stereocenters. The van der Waals surface area contributed by atoms with Gasteiger partial charge in [-0.1, -0.05) is 17.7 Å². The van der Waals surface area contributed by atoms with Crippen LogP contribution in [0.5, 0.6) is 11.5 Å². The summed E-state index contributed by atoms with van der Waals surface area (Å²) in [6.45, 7) is 1.90. The van der Waals surface area contributed by atoms with Gasteiger partial charge in [0.2, 0.25) is 0 Å². The number of methoxy groups -OCH3 is 2. The van der Waals surface area contributed by atoms with Crippen LogP contribution in [0.2, 0.25) is 5.02 Å². The fraction of sp³-hybridized carbons (Fsp3) is 0.188. The summed E-state index contributed by atoms with van der Waals surface area (Å²) in [7, 11) is 3.06. The van der Waals surface area contributed by atoms with Crippen molar-refractivity contribution in [2.75, 3.05) is 19.5 Å². The van der Waals surface area contributed by atoms with Gasteiger partial charge in [0.05, 0.1) is 19.8 Å². The Morgan fingerprint density at radius 3 is 2.52 bits per heavy atom. The molecular weight excluding hydrogens is 290 g/mol. The molecule has 2 aromatic rings. The van der Waals surface area contributed by atoms with E-state index >= 15 is 0 Å². The van der Waals surface area contributed by atoms with Gasteiger partial charge in [-0.2, -0.15) is 0 Å². The second kappa shape index (κ2) is 6.50. The zero-order valence-corrected chi connectivity index (χ0v) is 12.8. The molecule has 4 nitrogen and oxygen atoms in total. The van der Waals surface area contributed by atoms with Crippen molar-refractivity contribution in [1.82, 2.24) is 0 Å². The molecule has 0 fully saturated rings. The van der Waals surface area contributed by atoms with E-state index in [9.17, 15) is 4.79 Å². The number of carbonyl (C=O) groups is 1. The predicted octanol–water partition coefficient (Wildman–Crippen LogP) is 3.92. The number of carbonyl (C=O) groups excluding carboxylic acids is 1. The summed E-state index contributed by atoms with van der Waals surface area (Å²) >= 11 is 5.96. The average molecular weight is 306 g/mol. The van der Waals surface area contributed by atoms with Crippen LogP contribution in [0, 0.1) is 6.92 Å². The molecule has 0 bridgehead atoms. The summed E-state index contributed by atoms with van der Waals surface area (Å²) in [5.41, 5.74) is 1.99. The minimum atomic E-state index is -0.281. The molecule has 0 aromatic heterocycles. The van der Waals surface area contributed by atoms with Crippen LogP contribution in [0.3, 0.4) is 0 Å². The highest BCUT2D eigenvalue weighted by molar-refractivity contribution is 6.31. The lowest BCUT2D eigenvalue weighted by Gasteiger charge is -2.12. The largest absolute Gasteiger partial charge is 0.497 e. The van der Waals surface area contributed by atoms with Crippen molar-refractivity contribution in [3.8, 4) is 11.5 Å². The Kier molecular flexibility index (Phi) is 4.70. The highest BCUT2D eigenvalue weighted by atomic mass is 35.5.